The lowest BCUT2D eigenvalue weighted by atomic mass is 9.91. The average Bonchev–Trinajstić information content (AvgIpc) is 2.08. The van der Waals surface area contributed by atoms with Crippen LogP contribution in [0, 0.1) is 5.92 Å². The molecule has 3 heteroatoms. The smallest absolute Gasteiger partial charge is 0.119 e. The summed E-state index contributed by atoms with van der Waals surface area (Å²) in [4.78, 5) is 2.23. The Kier molecular flexibility index (Phi) is 2.77. The zero-order chi connectivity index (χ0) is 11.7. The molecule has 0 radical (unpaired) electrons. The molecule has 1 heterocycles. The van der Waals surface area contributed by atoms with Crippen LogP contribution in [0.5, 0.6) is 11.5 Å². The minimum Gasteiger partial charge on any atom is -0.508 e. The van der Waals surface area contributed by atoms with E-state index in [9.17, 15) is 10.2 Å². The molecule has 3 nitrogen and oxygen atoms in total. The molecule has 0 atom stereocenters. The number of phenolic OH excluding ortho intramolecular Hbond substituents is 2. The molecule has 1 aliphatic heterocycles. The summed E-state index contributed by atoms with van der Waals surface area (Å²) in [5, 5.41) is 18.7. The maximum Gasteiger partial charge on any atom is 0.119 e. The molecule has 0 aromatic heterocycles. The van der Waals surface area contributed by atoms with Gasteiger partial charge in [-0.2, -0.15) is 0 Å². The summed E-state index contributed by atoms with van der Waals surface area (Å²) in [6.45, 7) is 7.94. The van der Waals surface area contributed by atoms with E-state index in [2.05, 4.69) is 11.5 Å². The van der Waals surface area contributed by atoms with E-state index in [4.69, 9.17) is 0 Å². The van der Waals surface area contributed by atoms with E-state index in [0.29, 0.717) is 5.92 Å². The molecule has 2 N–H and O–H groups in total. The van der Waals surface area contributed by atoms with E-state index in [-0.39, 0.29) is 11.5 Å². The van der Waals surface area contributed by atoms with E-state index in [1.807, 2.05) is 6.92 Å². The van der Waals surface area contributed by atoms with Gasteiger partial charge in [0.25, 0.3) is 0 Å². The molecule has 0 amide bonds. The number of hydrogen-bond donors (Lipinski definition) is 2. The molecular weight excluding hydrogens is 202 g/mol. The zero-order valence-corrected chi connectivity index (χ0v) is 9.48. The zero-order valence-electron chi connectivity index (χ0n) is 9.48. The van der Waals surface area contributed by atoms with Crippen LogP contribution in [-0.4, -0.2) is 28.2 Å². The SMILES string of the molecule is C=C(C)N1CC(Cc2cc(O)cc(O)c2)C1. The lowest BCUT2D eigenvalue weighted by Crippen LogP contribution is -2.45. The normalized spacial score (nSPS) is 15.9. The molecule has 1 aliphatic rings. The lowest BCUT2D eigenvalue weighted by Gasteiger charge is -2.41. The highest BCUT2D eigenvalue weighted by Gasteiger charge is 2.26. The van der Waals surface area contributed by atoms with Crippen LogP contribution in [0.4, 0.5) is 0 Å². The molecule has 2 rings (SSSR count). The molecule has 1 saturated heterocycles. The number of likely N-dealkylation sites (tertiary alicyclic amines) is 1. The topological polar surface area (TPSA) is 43.7 Å². The Morgan fingerprint density at radius 1 is 1.31 bits per heavy atom. The maximum atomic E-state index is 9.35. The molecule has 0 unspecified atom stereocenters. The fraction of sp³-hybridized carbons (Fsp3) is 0.385. The molecule has 16 heavy (non-hydrogen) atoms. The van der Waals surface area contributed by atoms with Gasteiger partial charge in [-0.3, -0.25) is 0 Å². The van der Waals surface area contributed by atoms with Gasteiger partial charge in [-0.1, -0.05) is 6.58 Å². The van der Waals surface area contributed by atoms with Crippen molar-refractivity contribution in [1.29, 1.82) is 0 Å². The van der Waals surface area contributed by atoms with Gasteiger partial charge in [-0.05, 0) is 37.0 Å². The first-order valence-corrected chi connectivity index (χ1v) is 5.47. The number of hydrogen-bond acceptors (Lipinski definition) is 3. The minimum absolute atomic E-state index is 0.131. The van der Waals surface area contributed by atoms with Crippen molar-refractivity contribution in [3.05, 3.63) is 36.0 Å². The Labute approximate surface area is 95.6 Å². The van der Waals surface area contributed by atoms with Crippen molar-refractivity contribution in [2.75, 3.05) is 13.1 Å². The van der Waals surface area contributed by atoms with E-state index in [0.717, 1.165) is 30.8 Å². The summed E-state index contributed by atoms with van der Waals surface area (Å²) in [5.74, 6) is 0.857. The predicted octanol–water partition coefficient (Wildman–Crippen LogP) is 2.11. The highest BCUT2D eigenvalue weighted by Crippen LogP contribution is 2.27. The largest absolute Gasteiger partial charge is 0.508 e. The van der Waals surface area contributed by atoms with Crippen LogP contribution < -0.4 is 0 Å². The van der Waals surface area contributed by atoms with E-state index in [1.165, 1.54) is 6.07 Å². The first-order valence-electron chi connectivity index (χ1n) is 5.47. The fourth-order valence-corrected chi connectivity index (χ4v) is 2.12. The van der Waals surface area contributed by atoms with Gasteiger partial charge in [0.15, 0.2) is 0 Å². The number of aromatic hydroxyl groups is 2. The molecule has 0 aliphatic carbocycles. The van der Waals surface area contributed by atoms with Crippen LogP contribution in [0.2, 0.25) is 0 Å². The summed E-state index contributed by atoms with van der Waals surface area (Å²) in [7, 11) is 0. The number of phenols is 2. The van der Waals surface area contributed by atoms with Crippen molar-refractivity contribution >= 4 is 0 Å². The van der Waals surface area contributed by atoms with Crippen LogP contribution in [0.1, 0.15) is 12.5 Å². The number of rotatable bonds is 3. The quantitative estimate of drug-likeness (QED) is 0.818. The monoisotopic (exact) mass is 219 g/mol. The number of allylic oxidation sites excluding steroid dienone is 1. The maximum absolute atomic E-state index is 9.35. The molecule has 1 fully saturated rings. The Hall–Kier alpha value is -1.64. The van der Waals surface area contributed by atoms with E-state index >= 15 is 0 Å². The Morgan fingerprint density at radius 2 is 1.88 bits per heavy atom. The predicted molar refractivity (Wildman–Crippen MR) is 63.4 cm³/mol. The number of nitrogens with zero attached hydrogens (tertiary/aromatic N) is 1. The van der Waals surface area contributed by atoms with Crippen molar-refractivity contribution in [1.82, 2.24) is 4.90 Å². The standard InChI is InChI=1S/C13H17NO2/c1-9(2)14-7-11(8-14)3-10-4-12(15)6-13(16)5-10/h4-6,11,15-16H,1,3,7-8H2,2H3. The highest BCUT2D eigenvalue weighted by molar-refractivity contribution is 5.37. The Bertz CT molecular complexity index is 388. The van der Waals surface area contributed by atoms with Crippen LogP contribution in [-0.2, 0) is 6.42 Å². The van der Waals surface area contributed by atoms with Crippen LogP contribution in [0.3, 0.4) is 0 Å². The second-order valence-electron chi connectivity index (χ2n) is 4.57. The molecule has 0 spiro atoms. The van der Waals surface area contributed by atoms with Gasteiger partial charge in [-0.15, -0.1) is 0 Å². The summed E-state index contributed by atoms with van der Waals surface area (Å²) in [6, 6.07) is 4.77. The van der Waals surface area contributed by atoms with Crippen LogP contribution in [0.25, 0.3) is 0 Å². The summed E-state index contributed by atoms with van der Waals surface area (Å²) in [5.41, 5.74) is 2.10. The molecular formula is C13H17NO2. The fourth-order valence-electron chi connectivity index (χ4n) is 2.12. The number of benzene rings is 1. The van der Waals surface area contributed by atoms with Crippen molar-refractivity contribution in [2.45, 2.75) is 13.3 Å². The van der Waals surface area contributed by atoms with Gasteiger partial charge in [0.2, 0.25) is 0 Å². The minimum atomic E-state index is 0.131. The summed E-state index contributed by atoms with van der Waals surface area (Å²) < 4.78 is 0. The Morgan fingerprint density at radius 3 is 2.38 bits per heavy atom. The van der Waals surface area contributed by atoms with Crippen molar-refractivity contribution in [3.63, 3.8) is 0 Å². The van der Waals surface area contributed by atoms with Crippen molar-refractivity contribution < 1.29 is 10.2 Å². The summed E-state index contributed by atoms with van der Waals surface area (Å²) in [6.07, 6.45) is 0.895. The van der Waals surface area contributed by atoms with Crippen molar-refractivity contribution in [2.24, 2.45) is 5.92 Å². The van der Waals surface area contributed by atoms with E-state index in [1.54, 1.807) is 12.1 Å². The highest BCUT2D eigenvalue weighted by atomic mass is 16.3. The molecule has 1 aromatic carbocycles. The van der Waals surface area contributed by atoms with Crippen LogP contribution in [0.15, 0.2) is 30.5 Å². The molecule has 0 saturated carbocycles. The van der Waals surface area contributed by atoms with E-state index < -0.39 is 0 Å². The first kappa shape index (κ1) is 10.9. The third-order valence-electron chi connectivity index (χ3n) is 2.98. The van der Waals surface area contributed by atoms with Gasteiger partial charge in [-0.25, -0.2) is 0 Å². The summed E-state index contributed by atoms with van der Waals surface area (Å²) >= 11 is 0. The third-order valence-corrected chi connectivity index (χ3v) is 2.98. The van der Waals surface area contributed by atoms with Gasteiger partial charge < -0.3 is 15.1 Å². The van der Waals surface area contributed by atoms with Gasteiger partial charge in [0.1, 0.15) is 11.5 Å². The van der Waals surface area contributed by atoms with Gasteiger partial charge in [0, 0.05) is 24.9 Å². The molecule has 1 aromatic rings. The molecule has 86 valence electrons. The second-order valence-corrected chi connectivity index (χ2v) is 4.57. The first-order chi connectivity index (χ1) is 7.54. The van der Waals surface area contributed by atoms with Crippen molar-refractivity contribution in [3.8, 4) is 11.5 Å². The Balaban J connectivity index is 1.94. The van der Waals surface area contributed by atoms with Gasteiger partial charge >= 0.3 is 0 Å². The molecule has 0 bridgehead atoms. The second kappa shape index (κ2) is 4.08. The third kappa shape index (κ3) is 2.30. The van der Waals surface area contributed by atoms with Gasteiger partial charge in [0.05, 0.1) is 0 Å². The lowest BCUT2D eigenvalue weighted by molar-refractivity contribution is 0.144. The van der Waals surface area contributed by atoms with Crippen LogP contribution >= 0.6 is 0 Å². The average molecular weight is 219 g/mol.